The molecule has 0 saturated carbocycles. The molecule has 1 aromatic rings. The fraction of sp³-hybridized carbons (Fsp3) is 0.467. The number of hydrogen-bond acceptors (Lipinski definition) is 4. The molecule has 0 spiro atoms. The van der Waals surface area contributed by atoms with Crippen molar-refractivity contribution >= 4 is 6.09 Å². The van der Waals surface area contributed by atoms with Crippen LogP contribution in [0.2, 0.25) is 0 Å². The average Bonchev–Trinajstić information content (AvgIpc) is 2.42. The Morgan fingerprint density at radius 1 is 1.45 bits per heavy atom. The number of methoxy groups -OCH3 is 1. The lowest BCUT2D eigenvalue weighted by atomic mass is 9.92. The Balaban J connectivity index is 2.69. The fourth-order valence-corrected chi connectivity index (χ4v) is 1.88. The number of nitrogens with zero attached hydrogens (tertiary/aromatic N) is 1. The summed E-state index contributed by atoms with van der Waals surface area (Å²) in [6.07, 6.45) is -0.487. The number of carbonyl (C=O) groups excluding carboxylic acids is 1. The molecule has 0 fully saturated rings. The molecule has 0 aliphatic rings. The maximum Gasteiger partial charge on any atom is 0.406 e. The van der Waals surface area contributed by atoms with E-state index in [-0.39, 0.29) is 0 Å². The van der Waals surface area contributed by atoms with Crippen LogP contribution in [0.5, 0.6) is 0 Å². The maximum absolute atomic E-state index is 10.9. The van der Waals surface area contributed by atoms with Crippen molar-refractivity contribution < 1.29 is 14.3 Å². The van der Waals surface area contributed by atoms with Crippen molar-refractivity contribution in [2.24, 2.45) is 0 Å². The molecule has 0 heterocycles. The zero-order chi connectivity index (χ0) is 15.2. The van der Waals surface area contributed by atoms with Gasteiger partial charge in [0.25, 0.3) is 0 Å². The van der Waals surface area contributed by atoms with Gasteiger partial charge in [-0.15, -0.1) is 0 Å². The zero-order valence-corrected chi connectivity index (χ0v) is 12.3. The van der Waals surface area contributed by atoms with Crippen molar-refractivity contribution in [2.75, 3.05) is 20.3 Å². The minimum absolute atomic E-state index is 0.334. The van der Waals surface area contributed by atoms with E-state index in [4.69, 9.17) is 4.74 Å². The van der Waals surface area contributed by atoms with Gasteiger partial charge < -0.3 is 14.8 Å². The molecule has 5 heteroatoms. The third-order valence-corrected chi connectivity index (χ3v) is 2.96. The summed E-state index contributed by atoms with van der Waals surface area (Å²) in [5.41, 5.74) is 1.88. The fourth-order valence-electron chi connectivity index (χ4n) is 1.88. The molecular formula is C15H20N2O3. The standard InChI is InChI=1S/C15H20N2O3/c1-11-5-6-13(12(9-11)10-16)15(2,3)20-8-7-17-14(18)19-4/h5-6,9H,7-8H2,1-4H3,(H,17,18). The number of aryl methyl sites for hydroxylation is 1. The molecule has 1 amide bonds. The van der Waals surface area contributed by atoms with Gasteiger partial charge in [0.15, 0.2) is 0 Å². The Bertz CT molecular complexity index is 518. The summed E-state index contributed by atoms with van der Waals surface area (Å²) in [6.45, 7) is 6.43. The van der Waals surface area contributed by atoms with Gasteiger partial charge in [-0.1, -0.05) is 12.1 Å². The number of ether oxygens (including phenoxy) is 2. The monoisotopic (exact) mass is 276 g/mol. The Morgan fingerprint density at radius 3 is 2.75 bits per heavy atom. The normalized spacial score (nSPS) is 10.8. The topological polar surface area (TPSA) is 71.3 Å². The molecule has 0 unspecified atom stereocenters. The zero-order valence-electron chi connectivity index (χ0n) is 12.3. The van der Waals surface area contributed by atoms with Gasteiger partial charge in [-0.3, -0.25) is 0 Å². The van der Waals surface area contributed by atoms with E-state index in [2.05, 4.69) is 16.1 Å². The summed E-state index contributed by atoms with van der Waals surface area (Å²) in [5.74, 6) is 0. The number of benzene rings is 1. The van der Waals surface area contributed by atoms with Gasteiger partial charge in [0.2, 0.25) is 0 Å². The van der Waals surface area contributed by atoms with Crippen molar-refractivity contribution in [2.45, 2.75) is 26.4 Å². The first-order valence-corrected chi connectivity index (χ1v) is 6.37. The van der Waals surface area contributed by atoms with E-state index in [1.807, 2.05) is 39.0 Å². The molecule has 0 radical (unpaired) electrons. The van der Waals surface area contributed by atoms with E-state index in [0.717, 1.165) is 11.1 Å². The van der Waals surface area contributed by atoms with Gasteiger partial charge in [0.05, 0.1) is 31.0 Å². The molecule has 20 heavy (non-hydrogen) atoms. The summed E-state index contributed by atoms with van der Waals surface area (Å²) in [7, 11) is 1.31. The number of amides is 1. The predicted octanol–water partition coefficient (Wildman–Crippen LogP) is 2.47. The first kappa shape index (κ1) is 16.0. The average molecular weight is 276 g/mol. The van der Waals surface area contributed by atoms with Crippen LogP contribution in [0, 0.1) is 18.3 Å². The smallest absolute Gasteiger partial charge is 0.406 e. The van der Waals surface area contributed by atoms with Crippen molar-refractivity contribution in [1.82, 2.24) is 5.32 Å². The molecule has 0 atom stereocenters. The second kappa shape index (κ2) is 6.92. The largest absolute Gasteiger partial charge is 0.453 e. The van der Waals surface area contributed by atoms with Crippen molar-refractivity contribution in [3.8, 4) is 6.07 Å². The van der Waals surface area contributed by atoms with Crippen LogP contribution in [0.3, 0.4) is 0 Å². The van der Waals surface area contributed by atoms with Gasteiger partial charge >= 0.3 is 6.09 Å². The summed E-state index contributed by atoms with van der Waals surface area (Å²) in [6, 6.07) is 7.89. The van der Waals surface area contributed by atoms with Crippen molar-refractivity contribution in [3.63, 3.8) is 0 Å². The summed E-state index contributed by atoms with van der Waals surface area (Å²) in [5, 5.41) is 11.7. The van der Waals surface area contributed by atoms with E-state index < -0.39 is 11.7 Å². The first-order chi connectivity index (χ1) is 9.40. The number of nitrogens with one attached hydrogen (secondary N) is 1. The SMILES string of the molecule is COC(=O)NCCOC(C)(C)c1ccc(C)cc1C#N. The van der Waals surface area contributed by atoms with Crippen molar-refractivity contribution in [1.29, 1.82) is 5.26 Å². The molecular weight excluding hydrogens is 256 g/mol. The number of nitriles is 1. The molecule has 0 aromatic heterocycles. The summed E-state index contributed by atoms with van der Waals surface area (Å²) in [4.78, 5) is 10.9. The highest BCUT2D eigenvalue weighted by Crippen LogP contribution is 2.28. The first-order valence-electron chi connectivity index (χ1n) is 6.37. The molecule has 0 saturated heterocycles. The van der Waals surface area contributed by atoms with Crippen molar-refractivity contribution in [3.05, 3.63) is 34.9 Å². The minimum atomic E-state index is -0.601. The van der Waals surface area contributed by atoms with E-state index >= 15 is 0 Å². The number of carbonyl (C=O) groups is 1. The van der Waals surface area contributed by atoms with E-state index in [9.17, 15) is 10.1 Å². The van der Waals surface area contributed by atoms with Crippen LogP contribution < -0.4 is 5.32 Å². The van der Waals surface area contributed by atoms with Crippen LogP contribution in [0.4, 0.5) is 4.79 Å². The lowest BCUT2D eigenvalue weighted by Crippen LogP contribution is -2.31. The van der Waals surface area contributed by atoms with Crippen LogP contribution in [-0.4, -0.2) is 26.4 Å². The maximum atomic E-state index is 10.9. The Morgan fingerprint density at radius 2 is 2.15 bits per heavy atom. The molecule has 108 valence electrons. The molecule has 0 aliphatic carbocycles. The third-order valence-electron chi connectivity index (χ3n) is 2.96. The van der Waals surface area contributed by atoms with Gasteiger partial charge in [0, 0.05) is 12.1 Å². The summed E-state index contributed by atoms with van der Waals surface area (Å²) >= 11 is 0. The lowest BCUT2D eigenvalue weighted by molar-refractivity contribution is -0.0197. The quantitative estimate of drug-likeness (QED) is 0.839. The highest BCUT2D eigenvalue weighted by molar-refractivity contribution is 5.66. The van der Waals surface area contributed by atoms with Crippen LogP contribution >= 0.6 is 0 Å². The molecule has 1 rings (SSSR count). The highest BCUT2D eigenvalue weighted by atomic mass is 16.5. The van der Waals surface area contributed by atoms with Crippen LogP contribution in [-0.2, 0) is 15.1 Å². The number of rotatable bonds is 5. The minimum Gasteiger partial charge on any atom is -0.453 e. The molecule has 1 aromatic carbocycles. The van der Waals surface area contributed by atoms with Crippen LogP contribution in [0.25, 0.3) is 0 Å². The second-order valence-corrected chi connectivity index (χ2v) is 4.94. The Kier molecular flexibility index (Phi) is 5.53. The number of hydrogen-bond donors (Lipinski definition) is 1. The van der Waals surface area contributed by atoms with Gasteiger partial charge in [-0.2, -0.15) is 5.26 Å². The highest BCUT2D eigenvalue weighted by Gasteiger charge is 2.24. The molecule has 5 nitrogen and oxygen atoms in total. The van der Waals surface area contributed by atoms with E-state index in [0.29, 0.717) is 18.7 Å². The molecule has 0 bridgehead atoms. The molecule has 1 N–H and O–H groups in total. The van der Waals surface area contributed by atoms with Gasteiger partial charge in [0.1, 0.15) is 0 Å². The number of alkyl carbamates (subject to hydrolysis) is 1. The predicted molar refractivity (Wildman–Crippen MR) is 75.3 cm³/mol. The Labute approximate surface area is 119 Å². The second-order valence-electron chi connectivity index (χ2n) is 4.94. The van der Waals surface area contributed by atoms with Crippen LogP contribution in [0.1, 0.15) is 30.5 Å². The lowest BCUT2D eigenvalue weighted by Gasteiger charge is -2.27. The Hall–Kier alpha value is -2.06. The summed E-state index contributed by atoms with van der Waals surface area (Å²) < 4.78 is 10.2. The third kappa shape index (κ3) is 4.25. The van der Waals surface area contributed by atoms with E-state index in [1.165, 1.54) is 7.11 Å². The molecule has 0 aliphatic heterocycles. The van der Waals surface area contributed by atoms with Gasteiger partial charge in [-0.05, 0) is 32.4 Å². The van der Waals surface area contributed by atoms with Gasteiger partial charge in [-0.25, -0.2) is 4.79 Å². The van der Waals surface area contributed by atoms with Crippen LogP contribution in [0.15, 0.2) is 18.2 Å². The van der Waals surface area contributed by atoms with E-state index in [1.54, 1.807) is 0 Å².